The van der Waals surface area contributed by atoms with Crippen LogP contribution >= 0.6 is 0 Å². The number of unbranched alkanes of at least 4 members (excludes halogenated alkanes) is 3. The number of carboxylic acids is 1. The van der Waals surface area contributed by atoms with Crippen LogP contribution in [0.2, 0.25) is 0 Å². The van der Waals surface area contributed by atoms with Crippen LogP contribution in [0.4, 0.5) is 5.69 Å². The van der Waals surface area contributed by atoms with Crippen molar-refractivity contribution in [3.8, 4) is 16.9 Å². The van der Waals surface area contributed by atoms with Gasteiger partial charge in [-0.3, -0.25) is 0 Å². The van der Waals surface area contributed by atoms with E-state index in [0.29, 0.717) is 17.0 Å². The number of carbonyl (C=O) groups is 1. The highest BCUT2D eigenvalue weighted by atomic mass is 16.5. The van der Waals surface area contributed by atoms with Crippen molar-refractivity contribution in [3.05, 3.63) is 48.0 Å². The number of hydrogen-bond acceptors (Lipinski definition) is 3. The fourth-order valence-electron chi connectivity index (χ4n) is 2.88. The summed E-state index contributed by atoms with van der Waals surface area (Å²) < 4.78 is 5.95. The summed E-state index contributed by atoms with van der Waals surface area (Å²) in [6, 6.07) is 12.4. The van der Waals surface area contributed by atoms with E-state index in [1.165, 1.54) is 19.3 Å². The first-order valence-corrected chi connectivity index (χ1v) is 8.91. The van der Waals surface area contributed by atoms with E-state index >= 15 is 0 Å². The number of carboxylic acid groups (broad SMARTS) is 1. The third-order valence-electron chi connectivity index (χ3n) is 4.27. The third-order valence-corrected chi connectivity index (χ3v) is 4.27. The Labute approximate surface area is 149 Å². The summed E-state index contributed by atoms with van der Waals surface area (Å²) in [5.74, 6) is -0.297. The Balaban J connectivity index is 2.10. The maximum Gasteiger partial charge on any atom is 0.336 e. The number of rotatable bonds is 9. The van der Waals surface area contributed by atoms with E-state index in [1.54, 1.807) is 24.3 Å². The number of aromatic carboxylic acids is 1. The maximum atomic E-state index is 11.4. The zero-order valence-electron chi connectivity index (χ0n) is 15.0. The second kappa shape index (κ2) is 9.11. The standard InChI is InChI=1S/C21H27NO3/c1-3-4-5-6-9-15(2)25-20-13-12-16(14-19(20)22)17-10-7-8-11-18(17)21(23)24/h7-8,10-15H,3-6,9,22H2,1-2H3,(H,23,24)/t15-/m0/s1. The largest absolute Gasteiger partial charge is 0.489 e. The van der Waals surface area contributed by atoms with Gasteiger partial charge in [-0.05, 0) is 49.1 Å². The first-order valence-electron chi connectivity index (χ1n) is 8.91. The maximum absolute atomic E-state index is 11.4. The monoisotopic (exact) mass is 341 g/mol. The minimum Gasteiger partial charge on any atom is -0.489 e. The summed E-state index contributed by atoms with van der Waals surface area (Å²) in [5, 5.41) is 9.33. The van der Waals surface area contributed by atoms with Gasteiger partial charge in [0.05, 0.1) is 17.4 Å². The van der Waals surface area contributed by atoms with Crippen molar-refractivity contribution in [1.29, 1.82) is 0 Å². The zero-order valence-corrected chi connectivity index (χ0v) is 15.0. The molecule has 4 heteroatoms. The molecule has 0 fully saturated rings. The van der Waals surface area contributed by atoms with E-state index in [1.807, 2.05) is 18.2 Å². The number of nitrogen functional groups attached to an aromatic ring is 1. The molecule has 1 atom stereocenters. The molecule has 3 N–H and O–H groups in total. The minimum atomic E-state index is -0.949. The van der Waals surface area contributed by atoms with Gasteiger partial charge in [-0.25, -0.2) is 4.79 Å². The Morgan fingerprint density at radius 1 is 1.16 bits per heavy atom. The lowest BCUT2D eigenvalue weighted by atomic mass is 9.99. The van der Waals surface area contributed by atoms with Crippen LogP contribution in [-0.2, 0) is 0 Å². The van der Waals surface area contributed by atoms with Crippen LogP contribution in [-0.4, -0.2) is 17.2 Å². The molecule has 0 aliphatic carbocycles. The molecule has 25 heavy (non-hydrogen) atoms. The Bertz CT molecular complexity index is 712. The van der Waals surface area contributed by atoms with E-state index in [2.05, 4.69) is 13.8 Å². The molecule has 0 saturated heterocycles. The molecular weight excluding hydrogens is 314 g/mol. The second-order valence-corrected chi connectivity index (χ2v) is 6.38. The predicted octanol–water partition coefficient (Wildman–Crippen LogP) is 5.37. The fraction of sp³-hybridized carbons (Fsp3) is 0.381. The van der Waals surface area contributed by atoms with Gasteiger partial charge in [0, 0.05) is 0 Å². The van der Waals surface area contributed by atoms with E-state index < -0.39 is 5.97 Å². The highest BCUT2D eigenvalue weighted by Crippen LogP contribution is 2.31. The molecule has 0 aliphatic heterocycles. The smallest absolute Gasteiger partial charge is 0.336 e. The van der Waals surface area contributed by atoms with Crippen LogP contribution in [0, 0.1) is 0 Å². The average molecular weight is 341 g/mol. The van der Waals surface area contributed by atoms with Crippen molar-refractivity contribution < 1.29 is 14.6 Å². The van der Waals surface area contributed by atoms with E-state index in [9.17, 15) is 9.90 Å². The molecule has 0 heterocycles. The number of benzene rings is 2. The van der Waals surface area contributed by atoms with Gasteiger partial charge in [-0.1, -0.05) is 50.5 Å². The van der Waals surface area contributed by atoms with E-state index in [4.69, 9.17) is 10.5 Å². The van der Waals surface area contributed by atoms with Gasteiger partial charge < -0.3 is 15.6 Å². The molecule has 0 aliphatic rings. The van der Waals surface area contributed by atoms with Crippen molar-refractivity contribution in [2.24, 2.45) is 0 Å². The SMILES string of the molecule is CCCCCC[C@H](C)Oc1ccc(-c2ccccc2C(=O)O)cc1N. The quantitative estimate of drug-likeness (QED) is 0.475. The summed E-state index contributed by atoms with van der Waals surface area (Å²) in [6.45, 7) is 4.25. The molecule has 0 unspecified atom stereocenters. The molecule has 4 nitrogen and oxygen atoms in total. The average Bonchev–Trinajstić information content (AvgIpc) is 2.60. The van der Waals surface area contributed by atoms with Crippen molar-refractivity contribution in [2.45, 2.75) is 52.1 Å². The van der Waals surface area contributed by atoms with E-state index in [0.717, 1.165) is 18.4 Å². The highest BCUT2D eigenvalue weighted by molar-refractivity contribution is 5.96. The van der Waals surface area contributed by atoms with Gasteiger partial charge in [-0.15, -0.1) is 0 Å². The molecule has 134 valence electrons. The lowest BCUT2D eigenvalue weighted by molar-refractivity contribution is 0.0697. The van der Waals surface area contributed by atoms with Gasteiger partial charge in [0.1, 0.15) is 5.75 Å². The molecule has 0 radical (unpaired) electrons. The number of nitrogens with two attached hydrogens (primary N) is 1. The minimum absolute atomic E-state index is 0.108. The molecule has 0 spiro atoms. The zero-order chi connectivity index (χ0) is 18.2. The Morgan fingerprint density at radius 2 is 1.92 bits per heavy atom. The second-order valence-electron chi connectivity index (χ2n) is 6.38. The van der Waals surface area contributed by atoms with Crippen LogP contribution < -0.4 is 10.5 Å². The Hall–Kier alpha value is -2.49. The van der Waals surface area contributed by atoms with Gasteiger partial charge in [0.15, 0.2) is 0 Å². The summed E-state index contributed by atoms with van der Waals surface area (Å²) >= 11 is 0. The molecule has 0 bridgehead atoms. The first kappa shape index (κ1) is 18.8. The Kier molecular flexibility index (Phi) is 6.87. The molecular formula is C21H27NO3. The van der Waals surface area contributed by atoms with Gasteiger partial charge in [0.2, 0.25) is 0 Å². The van der Waals surface area contributed by atoms with Gasteiger partial charge in [-0.2, -0.15) is 0 Å². The topological polar surface area (TPSA) is 72.5 Å². The van der Waals surface area contributed by atoms with Crippen LogP contribution in [0.5, 0.6) is 5.75 Å². The van der Waals surface area contributed by atoms with Gasteiger partial charge in [0.25, 0.3) is 0 Å². The summed E-state index contributed by atoms with van der Waals surface area (Å²) in [5.41, 5.74) is 8.36. The fourth-order valence-corrected chi connectivity index (χ4v) is 2.88. The predicted molar refractivity (Wildman–Crippen MR) is 102 cm³/mol. The van der Waals surface area contributed by atoms with Crippen LogP contribution in [0.3, 0.4) is 0 Å². The molecule has 0 saturated carbocycles. The first-order chi connectivity index (χ1) is 12.0. The van der Waals surface area contributed by atoms with Crippen LogP contribution in [0.1, 0.15) is 56.3 Å². The Morgan fingerprint density at radius 3 is 2.60 bits per heavy atom. The van der Waals surface area contributed by atoms with Crippen LogP contribution in [0.25, 0.3) is 11.1 Å². The highest BCUT2D eigenvalue weighted by Gasteiger charge is 2.13. The molecule has 2 aromatic carbocycles. The molecule has 0 amide bonds. The number of anilines is 1. The normalized spacial score (nSPS) is 11.9. The summed E-state index contributed by atoms with van der Waals surface area (Å²) in [7, 11) is 0. The number of ether oxygens (including phenoxy) is 1. The van der Waals surface area contributed by atoms with Crippen LogP contribution in [0.15, 0.2) is 42.5 Å². The lowest BCUT2D eigenvalue weighted by Crippen LogP contribution is -2.12. The van der Waals surface area contributed by atoms with E-state index in [-0.39, 0.29) is 11.7 Å². The lowest BCUT2D eigenvalue weighted by Gasteiger charge is -2.17. The third kappa shape index (κ3) is 5.24. The van der Waals surface area contributed by atoms with Gasteiger partial charge >= 0.3 is 5.97 Å². The molecule has 2 rings (SSSR count). The van der Waals surface area contributed by atoms with Crippen molar-refractivity contribution >= 4 is 11.7 Å². The number of hydrogen-bond donors (Lipinski definition) is 2. The van der Waals surface area contributed by atoms with Crippen molar-refractivity contribution in [2.75, 3.05) is 5.73 Å². The van der Waals surface area contributed by atoms with Crippen molar-refractivity contribution in [1.82, 2.24) is 0 Å². The van der Waals surface area contributed by atoms with Crippen molar-refractivity contribution in [3.63, 3.8) is 0 Å². The summed E-state index contributed by atoms with van der Waals surface area (Å²) in [6.07, 6.45) is 5.97. The molecule has 0 aromatic heterocycles. The summed E-state index contributed by atoms with van der Waals surface area (Å²) in [4.78, 5) is 11.4. The molecule has 2 aromatic rings.